The quantitative estimate of drug-likeness (QED) is 0.642. The summed E-state index contributed by atoms with van der Waals surface area (Å²) in [6.07, 6.45) is 3.15. The van der Waals surface area contributed by atoms with Crippen molar-refractivity contribution < 1.29 is 14.3 Å². The van der Waals surface area contributed by atoms with Crippen molar-refractivity contribution in [3.63, 3.8) is 0 Å². The third kappa shape index (κ3) is 3.43. The number of ether oxygens (including phenoxy) is 2. The highest BCUT2D eigenvalue weighted by molar-refractivity contribution is 7.07. The van der Waals surface area contributed by atoms with E-state index in [2.05, 4.69) is 19.7 Å². The first-order valence-electron chi connectivity index (χ1n) is 8.35. The van der Waals surface area contributed by atoms with Gasteiger partial charge in [0, 0.05) is 10.9 Å². The Labute approximate surface area is 154 Å². The van der Waals surface area contributed by atoms with Crippen molar-refractivity contribution in [2.75, 3.05) is 7.11 Å². The van der Waals surface area contributed by atoms with Gasteiger partial charge in [0.05, 0.1) is 24.7 Å². The molecule has 26 heavy (non-hydrogen) atoms. The van der Waals surface area contributed by atoms with Gasteiger partial charge >= 0.3 is 5.97 Å². The lowest BCUT2D eigenvalue weighted by Gasteiger charge is -2.11. The Morgan fingerprint density at radius 2 is 2.04 bits per heavy atom. The summed E-state index contributed by atoms with van der Waals surface area (Å²) in [6.45, 7) is 0. The number of methoxy groups -OCH3 is 1. The number of aromatic nitrogens is 3. The molecule has 7 heteroatoms. The number of hydrogen-bond acceptors (Lipinski definition) is 7. The second-order valence-electron chi connectivity index (χ2n) is 6.00. The van der Waals surface area contributed by atoms with Gasteiger partial charge in [-0.1, -0.05) is 12.1 Å². The van der Waals surface area contributed by atoms with Gasteiger partial charge in [-0.05, 0) is 37.0 Å². The number of carbonyl (C=O) groups excluding carboxylic acids is 1. The number of esters is 1. The molecule has 1 aliphatic carbocycles. The minimum Gasteiger partial charge on any atom is -0.469 e. The molecule has 6 nitrogen and oxygen atoms in total. The number of rotatable bonds is 5. The fourth-order valence-electron chi connectivity index (χ4n) is 2.95. The van der Waals surface area contributed by atoms with Crippen LogP contribution in [0, 0.1) is 0 Å². The monoisotopic (exact) mass is 367 g/mol. The molecule has 132 valence electrons. The van der Waals surface area contributed by atoms with Crippen LogP contribution < -0.4 is 4.74 Å². The Morgan fingerprint density at radius 3 is 2.77 bits per heavy atom. The van der Waals surface area contributed by atoms with Crippen LogP contribution in [-0.2, 0) is 28.8 Å². The molecule has 0 spiro atoms. The standard InChI is InChI=1S/C19H17N3O3S/c1-24-17(23)9-12-5-7-13(8-6-12)25-19-14-3-2-4-15(14)21-18(22-19)16-10-26-11-20-16/h5-8,10-11H,2-4,9H2,1H3. The van der Waals surface area contributed by atoms with Gasteiger partial charge in [0.1, 0.15) is 11.4 Å². The van der Waals surface area contributed by atoms with Gasteiger partial charge in [-0.15, -0.1) is 11.3 Å². The van der Waals surface area contributed by atoms with Crippen LogP contribution in [0.5, 0.6) is 11.6 Å². The van der Waals surface area contributed by atoms with E-state index in [1.165, 1.54) is 18.4 Å². The fraction of sp³-hybridized carbons (Fsp3) is 0.263. The molecule has 1 aromatic carbocycles. The van der Waals surface area contributed by atoms with Crippen LogP contribution in [0.4, 0.5) is 0 Å². The zero-order valence-electron chi connectivity index (χ0n) is 14.3. The Morgan fingerprint density at radius 1 is 1.19 bits per heavy atom. The number of benzene rings is 1. The first-order chi connectivity index (χ1) is 12.7. The number of thiazole rings is 1. The molecule has 1 aliphatic rings. The number of aryl methyl sites for hydroxylation is 1. The van der Waals surface area contributed by atoms with E-state index in [0.29, 0.717) is 17.5 Å². The maximum Gasteiger partial charge on any atom is 0.309 e. The zero-order chi connectivity index (χ0) is 17.9. The van der Waals surface area contributed by atoms with Crippen molar-refractivity contribution in [2.24, 2.45) is 0 Å². The van der Waals surface area contributed by atoms with Gasteiger partial charge in [-0.2, -0.15) is 4.98 Å². The number of hydrogen-bond donors (Lipinski definition) is 0. The van der Waals surface area contributed by atoms with E-state index in [4.69, 9.17) is 4.74 Å². The summed E-state index contributed by atoms with van der Waals surface area (Å²) in [5.41, 5.74) is 5.53. The van der Waals surface area contributed by atoms with Crippen LogP contribution in [0.15, 0.2) is 35.2 Å². The molecular weight excluding hydrogens is 350 g/mol. The third-order valence-electron chi connectivity index (χ3n) is 4.27. The summed E-state index contributed by atoms with van der Waals surface area (Å²) in [5, 5.41) is 1.93. The maximum absolute atomic E-state index is 11.4. The van der Waals surface area contributed by atoms with Gasteiger partial charge in [0.2, 0.25) is 5.88 Å². The molecule has 4 rings (SSSR count). The second-order valence-corrected chi connectivity index (χ2v) is 6.72. The van der Waals surface area contributed by atoms with Crippen LogP contribution in [0.2, 0.25) is 0 Å². The summed E-state index contributed by atoms with van der Waals surface area (Å²) in [7, 11) is 1.38. The largest absolute Gasteiger partial charge is 0.469 e. The highest BCUT2D eigenvalue weighted by Crippen LogP contribution is 2.33. The van der Waals surface area contributed by atoms with Crippen LogP contribution in [-0.4, -0.2) is 28.0 Å². The molecule has 0 atom stereocenters. The number of nitrogens with zero attached hydrogens (tertiary/aromatic N) is 3. The van der Waals surface area contributed by atoms with Crippen LogP contribution in [0.3, 0.4) is 0 Å². The summed E-state index contributed by atoms with van der Waals surface area (Å²) >= 11 is 1.52. The molecule has 0 amide bonds. The SMILES string of the molecule is COC(=O)Cc1ccc(Oc2nc(-c3cscn3)nc3c2CCC3)cc1. The second kappa shape index (κ2) is 7.21. The minimum absolute atomic E-state index is 0.244. The van der Waals surface area contributed by atoms with E-state index in [1.54, 1.807) is 5.51 Å². The predicted molar refractivity (Wildman–Crippen MR) is 97.4 cm³/mol. The topological polar surface area (TPSA) is 74.2 Å². The lowest BCUT2D eigenvalue weighted by molar-refractivity contribution is -0.139. The molecule has 0 radical (unpaired) electrons. The Balaban J connectivity index is 1.61. The molecule has 0 saturated carbocycles. The molecule has 2 heterocycles. The van der Waals surface area contributed by atoms with E-state index in [9.17, 15) is 4.79 Å². The van der Waals surface area contributed by atoms with E-state index in [-0.39, 0.29) is 12.4 Å². The lowest BCUT2D eigenvalue weighted by atomic mass is 10.1. The Kier molecular flexibility index (Phi) is 4.62. The van der Waals surface area contributed by atoms with E-state index in [1.807, 2.05) is 29.6 Å². The zero-order valence-corrected chi connectivity index (χ0v) is 15.1. The van der Waals surface area contributed by atoms with Crippen molar-refractivity contribution in [3.05, 3.63) is 52.0 Å². The molecule has 0 bridgehead atoms. The number of fused-ring (bicyclic) bond motifs is 1. The Bertz CT molecular complexity index is 924. The first-order valence-corrected chi connectivity index (χ1v) is 9.29. The average Bonchev–Trinajstić information content (AvgIpc) is 3.34. The summed E-state index contributed by atoms with van der Waals surface area (Å²) in [5.74, 6) is 1.61. The van der Waals surface area contributed by atoms with Gasteiger partial charge in [0.25, 0.3) is 0 Å². The molecular formula is C19H17N3O3S. The average molecular weight is 367 g/mol. The smallest absolute Gasteiger partial charge is 0.309 e. The molecule has 0 N–H and O–H groups in total. The van der Waals surface area contributed by atoms with Crippen molar-refractivity contribution in [1.82, 2.24) is 15.0 Å². The summed E-state index contributed by atoms with van der Waals surface area (Å²) in [6, 6.07) is 7.39. The summed E-state index contributed by atoms with van der Waals surface area (Å²) in [4.78, 5) is 24.9. The molecule has 0 unspecified atom stereocenters. The molecule has 0 fully saturated rings. The van der Waals surface area contributed by atoms with Crippen molar-refractivity contribution in [1.29, 1.82) is 0 Å². The molecule has 0 aliphatic heterocycles. The summed E-state index contributed by atoms with van der Waals surface area (Å²) < 4.78 is 10.7. The van der Waals surface area contributed by atoms with Gasteiger partial charge in [0.15, 0.2) is 5.82 Å². The fourth-order valence-corrected chi connectivity index (χ4v) is 3.48. The van der Waals surface area contributed by atoms with Crippen LogP contribution >= 0.6 is 11.3 Å². The van der Waals surface area contributed by atoms with Crippen LogP contribution in [0.1, 0.15) is 23.2 Å². The highest BCUT2D eigenvalue weighted by atomic mass is 32.1. The minimum atomic E-state index is -0.264. The van der Waals surface area contributed by atoms with Gasteiger partial charge in [-0.3, -0.25) is 4.79 Å². The van der Waals surface area contributed by atoms with Gasteiger partial charge in [-0.25, -0.2) is 9.97 Å². The third-order valence-corrected chi connectivity index (χ3v) is 4.86. The van der Waals surface area contributed by atoms with E-state index in [0.717, 1.165) is 41.8 Å². The van der Waals surface area contributed by atoms with Crippen molar-refractivity contribution in [3.8, 4) is 23.1 Å². The molecule has 2 aromatic heterocycles. The van der Waals surface area contributed by atoms with Gasteiger partial charge < -0.3 is 9.47 Å². The van der Waals surface area contributed by atoms with E-state index >= 15 is 0 Å². The van der Waals surface area contributed by atoms with E-state index < -0.39 is 0 Å². The first kappa shape index (κ1) is 16.7. The maximum atomic E-state index is 11.4. The predicted octanol–water partition coefficient (Wildman–Crippen LogP) is 3.60. The normalized spacial score (nSPS) is 12.7. The molecule has 3 aromatic rings. The Hall–Kier alpha value is -2.80. The lowest BCUT2D eigenvalue weighted by Crippen LogP contribution is -2.04. The highest BCUT2D eigenvalue weighted by Gasteiger charge is 2.22. The van der Waals surface area contributed by atoms with Crippen molar-refractivity contribution >= 4 is 17.3 Å². The number of carbonyl (C=O) groups is 1. The molecule has 0 saturated heterocycles. The van der Waals surface area contributed by atoms with Crippen molar-refractivity contribution in [2.45, 2.75) is 25.7 Å². The van der Waals surface area contributed by atoms with Crippen LogP contribution in [0.25, 0.3) is 11.5 Å².